The van der Waals surface area contributed by atoms with Gasteiger partial charge in [-0.05, 0) is 13.3 Å². The van der Waals surface area contributed by atoms with E-state index in [1.54, 1.807) is 4.57 Å². The quantitative estimate of drug-likeness (QED) is 0.765. The van der Waals surface area contributed by atoms with Crippen molar-refractivity contribution in [2.45, 2.75) is 32.9 Å². The van der Waals surface area contributed by atoms with Crippen LogP contribution in [0.3, 0.4) is 0 Å². The molecule has 1 amide bonds. The van der Waals surface area contributed by atoms with Gasteiger partial charge in [-0.2, -0.15) is 5.21 Å². The number of carbonyl (C=O) groups is 1. The van der Waals surface area contributed by atoms with Crippen LogP contribution in [0.2, 0.25) is 0 Å². The zero-order valence-corrected chi connectivity index (χ0v) is 11.2. The number of rotatable bonds is 6. The van der Waals surface area contributed by atoms with Crippen LogP contribution in [0.1, 0.15) is 24.4 Å². The predicted molar refractivity (Wildman–Crippen MR) is 68.6 cm³/mol. The van der Waals surface area contributed by atoms with Crippen molar-refractivity contribution in [1.82, 2.24) is 30.5 Å². The Kier molecular flexibility index (Phi) is 4.39. The first kappa shape index (κ1) is 13.4. The smallest absolute Gasteiger partial charge is 0.307 e. The molecule has 0 atom stereocenters. The van der Waals surface area contributed by atoms with Crippen molar-refractivity contribution in [1.29, 1.82) is 0 Å². The number of nitrogens with zero attached hydrogens (tertiary/aromatic N) is 4. The van der Waals surface area contributed by atoms with Gasteiger partial charge in [0.05, 0.1) is 6.54 Å². The van der Waals surface area contributed by atoms with E-state index in [0.29, 0.717) is 25.2 Å². The molecule has 2 rings (SSSR count). The average molecular weight is 282 g/mol. The Hall–Kier alpha value is -2.03. The second-order valence-corrected chi connectivity index (χ2v) is 4.82. The SMILES string of the molecule is Cc1csc(=O)n1CCCC(=O)NCc1nn[nH]n1. The van der Waals surface area contributed by atoms with Gasteiger partial charge in [-0.3, -0.25) is 9.59 Å². The van der Waals surface area contributed by atoms with E-state index in [-0.39, 0.29) is 17.3 Å². The largest absolute Gasteiger partial charge is 0.349 e. The minimum atomic E-state index is -0.0919. The van der Waals surface area contributed by atoms with E-state index in [4.69, 9.17) is 0 Å². The van der Waals surface area contributed by atoms with Gasteiger partial charge in [0, 0.05) is 24.0 Å². The summed E-state index contributed by atoms with van der Waals surface area (Å²) in [5.41, 5.74) is 0.933. The maximum absolute atomic E-state index is 11.6. The molecule has 0 spiro atoms. The van der Waals surface area contributed by atoms with E-state index >= 15 is 0 Å². The number of hydrogen-bond donors (Lipinski definition) is 2. The summed E-state index contributed by atoms with van der Waals surface area (Å²) in [6.45, 7) is 2.70. The van der Waals surface area contributed by atoms with Crippen LogP contribution < -0.4 is 10.2 Å². The average Bonchev–Trinajstić information content (AvgIpc) is 3.00. The van der Waals surface area contributed by atoms with Gasteiger partial charge in [-0.15, -0.1) is 10.2 Å². The molecule has 8 nitrogen and oxygen atoms in total. The number of hydrogen-bond acceptors (Lipinski definition) is 6. The molecule has 0 radical (unpaired) electrons. The minimum absolute atomic E-state index is 0.0182. The van der Waals surface area contributed by atoms with Crippen molar-refractivity contribution in [2.75, 3.05) is 0 Å². The number of aryl methyl sites for hydroxylation is 1. The Labute approximate surface area is 112 Å². The van der Waals surface area contributed by atoms with Crippen LogP contribution in [0.15, 0.2) is 10.2 Å². The zero-order valence-electron chi connectivity index (χ0n) is 10.4. The molecule has 2 N–H and O–H groups in total. The molecule has 102 valence electrons. The summed E-state index contributed by atoms with van der Waals surface area (Å²) in [5, 5.41) is 17.7. The second kappa shape index (κ2) is 6.23. The Morgan fingerprint density at radius 1 is 1.58 bits per heavy atom. The highest BCUT2D eigenvalue weighted by molar-refractivity contribution is 7.07. The Morgan fingerprint density at radius 2 is 2.42 bits per heavy atom. The van der Waals surface area contributed by atoms with Crippen molar-refractivity contribution < 1.29 is 4.79 Å². The van der Waals surface area contributed by atoms with Gasteiger partial charge in [0.25, 0.3) is 0 Å². The van der Waals surface area contributed by atoms with Crippen LogP contribution >= 0.6 is 11.3 Å². The molecule has 19 heavy (non-hydrogen) atoms. The van der Waals surface area contributed by atoms with Gasteiger partial charge in [-0.25, -0.2) is 0 Å². The van der Waals surface area contributed by atoms with E-state index < -0.39 is 0 Å². The van der Waals surface area contributed by atoms with Gasteiger partial charge in [0.1, 0.15) is 0 Å². The number of tetrazole rings is 1. The monoisotopic (exact) mass is 282 g/mol. The molecule has 0 fully saturated rings. The molecule has 0 aliphatic heterocycles. The zero-order chi connectivity index (χ0) is 13.7. The van der Waals surface area contributed by atoms with Crippen LogP contribution in [0, 0.1) is 6.92 Å². The van der Waals surface area contributed by atoms with Crippen LogP contribution in [-0.2, 0) is 17.9 Å². The minimum Gasteiger partial charge on any atom is -0.349 e. The summed E-state index contributed by atoms with van der Waals surface area (Å²) >= 11 is 1.18. The first-order valence-corrected chi connectivity index (χ1v) is 6.68. The van der Waals surface area contributed by atoms with Crippen LogP contribution in [0.5, 0.6) is 0 Å². The fourth-order valence-corrected chi connectivity index (χ4v) is 2.36. The molecule has 2 heterocycles. The molecule has 2 aromatic rings. The first-order valence-electron chi connectivity index (χ1n) is 5.81. The molecule has 0 unspecified atom stereocenters. The number of thiazole rings is 1. The van der Waals surface area contributed by atoms with Crippen molar-refractivity contribution >= 4 is 17.2 Å². The Morgan fingerprint density at radius 3 is 3.05 bits per heavy atom. The van der Waals surface area contributed by atoms with E-state index in [1.165, 1.54) is 11.3 Å². The first-order chi connectivity index (χ1) is 9.16. The number of carbonyl (C=O) groups excluding carboxylic acids is 1. The lowest BCUT2D eigenvalue weighted by Crippen LogP contribution is -2.24. The summed E-state index contributed by atoms with van der Waals surface area (Å²) in [6, 6.07) is 0. The van der Waals surface area contributed by atoms with Crippen molar-refractivity contribution in [3.05, 3.63) is 26.6 Å². The van der Waals surface area contributed by atoms with Crippen molar-refractivity contribution in [3.8, 4) is 0 Å². The Bertz CT molecular complexity index is 587. The fourth-order valence-electron chi connectivity index (χ4n) is 1.60. The lowest BCUT2D eigenvalue weighted by Gasteiger charge is -2.04. The molecule has 2 aromatic heterocycles. The third-order valence-electron chi connectivity index (χ3n) is 2.59. The van der Waals surface area contributed by atoms with Gasteiger partial charge in [0.15, 0.2) is 5.82 Å². The van der Waals surface area contributed by atoms with Crippen molar-refractivity contribution in [3.63, 3.8) is 0 Å². The number of H-pyrrole nitrogens is 1. The topological polar surface area (TPSA) is 106 Å². The van der Waals surface area contributed by atoms with E-state index in [0.717, 1.165) is 5.69 Å². The lowest BCUT2D eigenvalue weighted by atomic mass is 10.3. The fraction of sp³-hybridized carbons (Fsp3) is 0.500. The summed E-state index contributed by atoms with van der Waals surface area (Å²) in [7, 11) is 0. The van der Waals surface area contributed by atoms with Gasteiger partial charge >= 0.3 is 4.87 Å². The predicted octanol–water partition coefficient (Wildman–Crippen LogP) is -0.172. The van der Waals surface area contributed by atoms with Gasteiger partial charge in [0.2, 0.25) is 5.91 Å². The number of aromatic nitrogens is 5. The molecule has 0 bridgehead atoms. The van der Waals surface area contributed by atoms with E-state index in [1.807, 2.05) is 12.3 Å². The van der Waals surface area contributed by atoms with Crippen LogP contribution in [-0.4, -0.2) is 31.1 Å². The highest BCUT2D eigenvalue weighted by Crippen LogP contribution is 2.02. The summed E-state index contributed by atoms with van der Waals surface area (Å²) in [6.07, 6.45) is 0.981. The molecule has 9 heteroatoms. The normalized spacial score (nSPS) is 10.6. The third kappa shape index (κ3) is 3.71. The number of nitrogens with one attached hydrogen (secondary N) is 2. The molecule has 0 aromatic carbocycles. The molecular weight excluding hydrogens is 268 g/mol. The molecule has 0 saturated heterocycles. The summed E-state index contributed by atoms with van der Waals surface area (Å²) < 4.78 is 1.68. The van der Waals surface area contributed by atoms with Gasteiger partial charge < -0.3 is 9.88 Å². The standard InChI is InChI=1S/C10H14N6O2S/c1-7-6-19-10(18)16(7)4-2-3-9(17)11-5-8-12-14-15-13-8/h6H,2-5H2,1H3,(H,11,17)(H,12,13,14,15). The highest BCUT2D eigenvalue weighted by Gasteiger charge is 2.06. The summed E-state index contributed by atoms with van der Waals surface area (Å²) in [4.78, 5) is 23.0. The lowest BCUT2D eigenvalue weighted by molar-refractivity contribution is -0.121. The maximum atomic E-state index is 11.6. The van der Waals surface area contributed by atoms with Crippen LogP contribution in [0.25, 0.3) is 0 Å². The summed E-state index contributed by atoms with van der Waals surface area (Å²) in [5.74, 6) is 0.351. The van der Waals surface area contributed by atoms with E-state index in [2.05, 4.69) is 25.9 Å². The molecule has 0 aliphatic rings. The molecule has 0 saturated carbocycles. The molecule has 0 aliphatic carbocycles. The van der Waals surface area contributed by atoms with Crippen LogP contribution in [0.4, 0.5) is 0 Å². The van der Waals surface area contributed by atoms with Gasteiger partial charge in [-0.1, -0.05) is 16.6 Å². The Balaban J connectivity index is 1.71. The highest BCUT2D eigenvalue weighted by atomic mass is 32.1. The van der Waals surface area contributed by atoms with Crippen molar-refractivity contribution in [2.24, 2.45) is 0 Å². The second-order valence-electron chi connectivity index (χ2n) is 4.00. The third-order valence-corrected chi connectivity index (χ3v) is 3.48. The van der Waals surface area contributed by atoms with E-state index in [9.17, 15) is 9.59 Å². The maximum Gasteiger partial charge on any atom is 0.307 e. The molecular formula is C10H14N6O2S. The number of aromatic amines is 1. The number of amides is 1.